The molecule has 0 amide bonds. The van der Waals surface area contributed by atoms with Gasteiger partial charge in [0.15, 0.2) is 0 Å². The van der Waals surface area contributed by atoms with Gasteiger partial charge in [-0.05, 0) is 30.0 Å². The molecule has 1 rings (SSSR count). The monoisotopic (exact) mass is 257 g/mol. The van der Waals surface area contributed by atoms with E-state index in [0.29, 0.717) is 5.69 Å². The standard InChI is InChI=1S/C12H20NO3P/c1-9(17(14,15)16)13-11-7-5-10(6-8-11)12(2,3)4/h5-9,13H,1-4H3,(H2,14,15,16). The van der Waals surface area contributed by atoms with E-state index in [9.17, 15) is 4.57 Å². The van der Waals surface area contributed by atoms with Gasteiger partial charge in [0.25, 0.3) is 0 Å². The first kappa shape index (κ1) is 14.2. The van der Waals surface area contributed by atoms with Gasteiger partial charge >= 0.3 is 7.60 Å². The highest BCUT2D eigenvalue weighted by atomic mass is 31.2. The molecule has 0 saturated carbocycles. The summed E-state index contributed by atoms with van der Waals surface area (Å²) in [5.74, 6) is -0.872. The second-order valence-electron chi connectivity index (χ2n) is 5.24. The Balaban J connectivity index is 2.80. The molecule has 0 bridgehead atoms. The second-order valence-corrected chi connectivity index (χ2v) is 7.19. The lowest BCUT2D eigenvalue weighted by Gasteiger charge is -2.20. The Morgan fingerprint density at radius 2 is 1.65 bits per heavy atom. The Bertz CT molecular complexity index is 416. The molecule has 4 nitrogen and oxygen atoms in total. The Morgan fingerprint density at radius 3 is 2.00 bits per heavy atom. The van der Waals surface area contributed by atoms with Crippen LogP contribution >= 0.6 is 7.60 Å². The van der Waals surface area contributed by atoms with Crippen LogP contribution in [0.25, 0.3) is 0 Å². The first-order chi connectivity index (χ1) is 7.60. The molecule has 5 heteroatoms. The van der Waals surface area contributed by atoms with Crippen LogP contribution in [-0.2, 0) is 9.98 Å². The van der Waals surface area contributed by atoms with Crippen LogP contribution in [0.5, 0.6) is 0 Å². The van der Waals surface area contributed by atoms with Crippen LogP contribution < -0.4 is 5.32 Å². The zero-order valence-electron chi connectivity index (χ0n) is 10.6. The highest BCUT2D eigenvalue weighted by molar-refractivity contribution is 7.52. The maximum absolute atomic E-state index is 11.0. The maximum Gasteiger partial charge on any atom is 0.347 e. The van der Waals surface area contributed by atoms with Gasteiger partial charge in [0, 0.05) is 5.69 Å². The van der Waals surface area contributed by atoms with Crippen molar-refractivity contribution in [2.75, 3.05) is 5.32 Å². The third-order valence-corrected chi connectivity index (χ3v) is 3.77. The third-order valence-electron chi connectivity index (χ3n) is 2.63. The molecule has 96 valence electrons. The molecular weight excluding hydrogens is 237 g/mol. The van der Waals surface area contributed by atoms with Gasteiger partial charge < -0.3 is 15.1 Å². The Hall–Kier alpha value is -0.830. The number of benzene rings is 1. The smallest absolute Gasteiger partial charge is 0.347 e. The molecule has 17 heavy (non-hydrogen) atoms. The molecule has 1 atom stereocenters. The molecule has 1 unspecified atom stereocenters. The van der Waals surface area contributed by atoms with Crippen molar-refractivity contribution in [3.05, 3.63) is 29.8 Å². The maximum atomic E-state index is 11.0. The first-order valence-electron chi connectivity index (χ1n) is 5.53. The molecule has 0 aromatic heterocycles. The minimum absolute atomic E-state index is 0.0768. The first-order valence-corrected chi connectivity index (χ1v) is 7.21. The number of hydrogen-bond donors (Lipinski definition) is 3. The van der Waals surface area contributed by atoms with Gasteiger partial charge in [-0.3, -0.25) is 4.57 Å². The molecule has 0 heterocycles. The van der Waals surface area contributed by atoms with Gasteiger partial charge in [0.1, 0.15) is 5.78 Å². The average molecular weight is 257 g/mol. The van der Waals surface area contributed by atoms with E-state index >= 15 is 0 Å². The van der Waals surface area contributed by atoms with E-state index in [2.05, 4.69) is 26.1 Å². The Labute approximate surface area is 102 Å². The fourth-order valence-corrected chi connectivity index (χ4v) is 1.71. The average Bonchev–Trinajstić information content (AvgIpc) is 2.15. The number of rotatable bonds is 3. The molecule has 0 aliphatic heterocycles. The van der Waals surface area contributed by atoms with Crippen LogP contribution in [0.4, 0.5) is 5.69 Å². The van der Waals surface area contributed by atoms with E-state index in [-0.39, 0.29) is 5.41 Å². The molecule has 0 spiro atoms. The number of hydrogen-bond acceptors (Lipinski definition) is 2. The zero-order valence-corrected chi connectivity index (χ0v) is 11.5. The fraction of sp³-hybridized carbons (Fsp3) is 0.500. The predicted octanol–water partition coefficient (Wildman–Crippen LogP) is 2.92. The highest BCUT2D eigenvalue weighted by Crippen LogP contribution is 2.41. The van der Waals surface area contributed by atoms with Crippen molar-refractivity contribution >= 4 is 13.3 Å². The van der Waals surface area contributed by atoms with E-state index in [4.69, 9.17) is 9.79 Å². The summed E-state index contributed by atoms with van der Waals surface area (Å²) in [6.45, 7) is 7.83. The second kappa shape index (κ2) is 4.81. The highest BCUT2D eigenvalue weighted by Gasteiger charge is 2.23. The molecule has 0 aliphatic rings. The van der Waals surface area contributed by atoms with E-state index < -0.39 is 13.4 Å². The van der Waals surface area contributed by atoms with Crippen molar-refractivity contribution in [1.29, 1.82) is 0 Å². The van der Waals surface area contributed by atoms with Crippen molar-refractivity contribution < 1.29 is 14.4 Å². The van der Waals surface area contributed by atoms with Crippen LogP contribution in [0, 0.1) is 0 Å². The Kier molecular flexibility index (Phi) is 4.03. The quantitative estimate of drug-likeness (QED) is 0.728. The van der Waals surface area contributed by atoms with E-state index in [0.717, 1.165) is 0 Å². The molecule has 0 radical (unpaired) electrons. The molecule has 0 fully saturated rings. The summed E-state index contributed by atoms with van der Waals surface area (Å²) in [6, 6.07) is 7.61. The van der Waals surface area contributed by atoms with Crippen molar-refractivity contribution in [1.82, 2.24) is 0 Å². The molecule has 3 N–H and O–H groups in total. The lowest BCUT2D eigenvalue weighted by atomic mass is 9.87. The summed E-state index contributed by atoms with van der Waals surface area (Å²) in [5.41, 5.74) is 1.98. The van der Waals surface area contributed by atoms with Crippen molar-refractivity contribution in [3.8, 4) is 0 Å². The summed E-state index contributed by atoms with van der Waals surface area (Å²) in [5, 5.41) is 2.80. The van der Waals surface area contributed by atoms with Crippen molar-refractivity contribution in [2.24, 2.45) is 0 Å². The minimum atomic E-state index is -4.08. The van der Waals surface area contributed by atoms with Crippen LogP contribution in [0.1, 0.15) is 33.3 Å². The SMILES string of the molecule is CC(Nc1ccc(C(C)(C)C)cc1)P(=O)(O)O. The summed E-state index contributed by atoms with van der Waals surface area (Å²) in [4.78, 5) is 18.0. The minimum Gasteiger partial charge on any atom is -0.372 e. The van der Waals surface area contributed by atoms with Crippen LogP contribution in [0.3, 0.4) is 0 Å². The van der Waals surface area contributed by atoms with Gasteiger partial charge in [-0.1, -0.05) is 32.9 Å². The Morgan fingerprint density at radius 1 is 1.18 bits per heavy atom. The molecule has 0 saturated heterocycles. The molecule has 1 aromatic rings. The molecule has 0 aliphatic carbocycles. The fourth-order valence-electron chi connectivity index (χ4n) is 1.39. The predicted molar refractivity (Wildman–Crippen MR) is 70.3 cm³/mol. The summed E-state index contributed by atoms with van der Waals surface area (Å²) in [6.07, 6.45) is 0. The van der Waals surface area contributed by atoms with Gasteiger partial charge in [-0.25, -0.2) is 0 Å². The topological polar surface area (TPSA) is 69.6 Å². The van der Waals surface area contributed by atoms with Gasteiger partial charge in [0.05, 0.1) is 0 Å². The number of anilines is 1. The van der Waals surface area contributed by atoms with Crippen LogP contribution in [0.15, 0.2) is 24.3 Å². The summed E-state index contributed by atoms with van der Waals surface area (Å²) < 4.78 is 11.0. The third kappa shape index (κ3) is 4.15. The van der Waals surface area contributed by atoms with Gasteiger partial charge in [-0.2, -0.15) is 0 Å². The van der Waals surface area contributed by atoms with Gasteiger partial charge in [-0.15, -0.1) is 0 Å². The van der Waals surface area contributed by atoms with Crippen LogP contribution in [0.2, 0.25) is 0 Å². The molecular formula is C12H20NO3P. The van der Waals surface area contributed by atoms with Crippen molar-refractivity contribution in [3.63, 3.8) is 0 Å². The lowest BCUT2D eigenvalue weighted by molar-refractivity contribution is 0.364. The number of nitrogens with one attached hydrogen (secondary N) is 1. The zero-order chi connectivity index (χ0) is 13.3. The summed E-state index contributed by atoms with van der Waals surface area (Å²) in [7, 11) is -4.08. The lowest BCUT2D eigenvalue weighted by Crippen LogP contribution is -2.15. The largest absolute Gasteiger partial charge is 0.372 e. The van der Waals surface area contributed by atoms with E-state index in [1.54, 1.807) is 0 Å². The molecule has 1 aromatic carbocycles. The summed E-state index contributed by atoms with van der Waals surface area (Å²) >= 11 is 0. The normalized spacial score (nSPS) is 14.5. The van der Waals surface area contributed by atoms with Gasteiger partial charge in [0.2, 0.25) is 0 Å². The van der Waals surface area contributed by atoms with E-state index in [1.165, 1.54) is 12.5 Å². The van der Waals surface area contributed by atoms with Crippen LogP contribution in [-0.4, -0.2) is 15.6 Å². The van der Waals surface area contributed by atoms with E-state index in [1.807, 2.05) is 24.3 Å². The van der Waals surface area contributed by atoms with Crippen molar-refractivity contribution in [2.45, 2.75) is 38.9 Å².